The van der Waals surface area contributed by atoms with Crippen molar-refractivity contribution in [3.63, 3.8) is 0 Å². The Morgan fingerprint density at radius 2 is 2.07 bits per heavy atom. The van der Waals surface area contributed by atoms with Gasteiger partial charge in [0.05, 0.1) is 0 Å². The third-order valence-corrected chi connectivity index (χ3v) is 4.95. The van der Waals surface area contributed by atoms with Gasteiger partial charge in [0.15, 0.2) is 11.8 Å². The molecule has 144 valence electrons. The molecule has 1 aliphatic heterocycles. The highest BCUT2D eigenvalue weighted by Gasteiger charge is 2.20. The van der Waals surface area contributed by atoms with Crippen LogP contribution in [0.25, 0.3) is 0 Å². The Balaban J connectivity index is 1.66. The normalized spacial score (nSPS) is 15.1. The fourth-order valence-corrected chi connectivity index (χ4v) is 3.20. The van der Waals surface area contributed by atoms with Crippen molar-refractivity contribution >= 4 is 23.2 Å². The van der Waals surface area contributed by atoms with E-state index in [0.717, 1.165) is 54.5 Å². The lowest BCUT2D eigenvalue weighted by Gasteiger charge is -2.37. The highest BCUT2D eigenvalue weighted by Crippen LogP contribution is 2.20. The second-order valence-corrected chi connectivity index (χ2v) is 6.92. The summed E-state index contributed by atoms with van der Waals surface area (Å²) in [7, 11) is 1.96. The zero-order valence-electron chi connectivity index (χ0n) is 15.9. The third kappa shape index (κ3) is 4.80. The highest BCUT2D eigenvalue weighted by molar-refractivity contribution is 6.30. The fourth-order valence-electron chi connectivity index (χ4n) is 3.01. The smallest absolute Gasteiger partial charge is 0.194 e. The number of aromatic nitrogens is 3. The van der Waals surface area contributed by atoms with E-state index < -0.39 is 0 Å². The molecule has 0 atom stereocenters. The number of aliphatic imine (C=N–C) groups is 1. The van der Waals surface area contributed by atoms with Gasteiger partial charge in [-0.1, -0.05) is 23.7 Å². The van der Waals surface area contributed by atoms with Gasteiger partial charge in [-0.25, -0.2) is 4.99 Å². The number of anilines is 1. The molecule has 7 nitrogen and oxygen atoms in total. The molecule has 2 heterocycles. The number of piperazine rings is 1. The van der Waals surface area contributed by atoms with Gasteiger partial charge in [-0.3, -0.25) is 0 Å². The number of guanidine groups is 1. The van der Waals surface area contributed by atoms with Crippen molar-refractivity contribution < 1.29 is 0 Å². The van der Waals surface area contributed by atoms with Crippen molar-refractivity contribution in [2.75, 3.05) is 37.6 Å². The van der Waals surface area contributed by atoms with E-state index in [-0.39, 0.29) is 0 Å². The van der Waals surface area contributed by atoms with Crippen LogP contribution in [-0.4, -0.2) is 58.3 Å². The number of nitrogens with one attached hydrogen (secondary N) is 1. The van der Waals surface area contributed by atoms with Crippen LogP contribution >= 0.6 is 11.6 Å². The summed E-state index contributed by atoms with van der Waals surface area (Å²) in [6.07, 6.45) is 1.84. The quantitative estimate of drug-likeness (QED) is 0.484. The van der Waals surface area contributed by atoms with Gasteiger partial charge in [-0.2, -0.15) is 0 Å². The molecule has 1 N–H and O–H groups in total. The number of hydrogen-bond acceptors (Lipinski definition) is 4. The van der Waals surface area contributed by atoms with Crippen molar-refractivity contribution in [2.24, 2.45) is 12.0 Å². The lowest BCUT2D eigenvalue weighted by atomic mass is 10.2. The Bertz CT molecular complexity index is 806. The van der Waals surface area contributed by atoms with Crippen molar-refractivity contribution in [1.82, 2.24) is 25.0 Å². The second kappa shape index (κ2) is 8.90. The second-order valence-electron chi connectivity index (χ2n) is 6.49. The molecule has 0 spiro atoms. The van der Waals surface area contributed by atoms with Gasteiger partial charge < -0.3 is 19.7 Å². The molecule has 1 aliphatic rings. The first kappa shape index (κ1) is 19.2. The van der Waals surface area contributed by atoms with Crippen molar-refractivity contribution in [3.8, 4) is 0 Å². The van der Waals surface area contributed by atoms with Crippen molar-refractivity contribution in [2.45, 2.75) is 13.5 Å². The molecular weight excluding hydrogens is 362 g/mol. The Morgan fingerprint density at radius 1 is 1.30 bits per heavy atom. The SMILES string of the molecule is C=CCNC(=NCc1nnc(C)n1C)N1CCN(c2cccc(Cl)c2)CC1. The summed E-state index contributed by atoms with van der Waals surface area (Å²) in [6, 6.07) is 8.01. The molecule has 2 aromatic rings. The summed E-state index contributed by atoms with van der Waals surface area (Å²) in [5.74, 6) is 2.61. The molecule has 1 aromatic heterocycles. The maximum atomic E-state index is 6.13. The van der Waals surface area contributed by atoms with Gasteiger partial charge in [0.25, 0.3) is 0 Å². The van der Waals surface area contributed by atoms with Gasteiger partial charge >= 0.3 is 0 Å². The van der Waals surface area contributed by atoms with Gasteiger partial charge in [-0.15, -0.1) is 16.8 Å². The molecule has 0 radical (unpaired) electrons. The standard InChI is InChI=1S/C19H26ClN7/c1-4-8-21-19(22-14-18-24-23-15(2)25(18)3)27-11-9-26(10-12-27)17-7-5-6-16(20)13-17/h4-7,13H,1,8-12,14H2,2-3H3,(H,21,22). The highest BCUT2D eigenvalue weighted by atomic mass is 35.5. The van der Waals surface area contributed by atoms with Crippen LogP contribution < -0.4 is 10.2 Å². The zero-order valence-corrected chi connectivity index (χ0v) is 16.7. The Morgan fingerprint density at radius 3 is 2.70 bits per heavy atom. The van der Waals surface area contributed by atoms with Gasteiger partial charge in [0.1, 0.15) is 12.4 Å². The van der Waals surface area contributed by atoms with E-state index in [4.69, 9.17) is 16.6 Å². The molecule has 8 heteroatoms. The molecule has 3 rings (SSSR count). The number of benzene rings is 1. The predicted octanol–water partition coefficient (Wildman–Crippen LogP) is 2.23. The minimum atomic E-state index is 0.491. The summed E-state index contributed by atoms with van der Waals surface area (Å²) in [5.41, 5.74) is 1.16. The van der Waals surface area contributed by atoms with Crippen LogP contribution in [0.4, 0.5) is 5.69 Å². The van der Waals surface area contributed by atoms with E-state index in [1.165, 1.54) is 0 Å². The molecule has 0 saturated carbocycles. The van der Waals surface area contributed by atoms with Gasteiger partial charge in [-0.05, 0) is 25.1 Å². The first-order chi connectivity index (χ1) is 13.1. The van der Waals surface area contributed by atoms with Gasteiger partial charge in [0.2, 0.25) is 0 Å². The summed E-state index contributed by atoms with van der Waals surface area (Å²) in [5, 5.41) is 12.4. The average molecular weight is 388 g/mol. The van der Waals surface area contributed by atoms with Crippen LogP contribution in [0.3, 0.4) is 0 Å². The van der Waals surface area contributed by atoms with E-state index >= 15 is 0 Å². The minimum absolute atomic E-state index is 0.491. The lowest BCUT2D eigenvalue weighted by molar-refractivity contribution is 0.373. The molecule has 27 heavy (non-hydrogen) atoms. The predicted molar refractivity (Wildman–Crippen MR) is 110 cm³/mol. The number of halogens is 1. The molecule has 1 fully saturated rings. The van der Waals surface area contributed by atoms with Crippen LogP contribution in [0.5, 0.6) is 0 Å². The van der Waals surface area contributed by atoms with E-state index in [2.05, 4.69) is 38.0 Å². The summed E-state index contributed by atoms with van der Waals surface area (Å²) >= 11 is 6.13. The molecule has 0 amide bonds. The minimum Gasteiger partial charge on any atom is -0.368 e. The van der Waals surface area contributed by atoms with Crippen LogP contribution in [0.1, 0.15) is 11.6 Å². The number of hydrogen-bond donors (Lipinski definition) is 1. The Hall–Kier alpha value is -2.54. The van der Waals surface area contributed by atoms with Crippen molar-refractivity contribution in [1.29, 1.82) is 0 Å². The monoisotopic (exact) mass is 387 g/mol. The van der Waals surface area contributed by atoms with E-state index in [9.17, 15) is 0 Å². The number of rotatable bonds is 5. The maximum Gasteiger partial charge on any atom is 0.194 e. The maximum absolute atomic E-state index is 6.13. The molecular formula is C19H26ClN7. The zero-order chi connectivity index (χ0) is 19.2. The van der Waals surface area contributed by atoms with Crippen LogP contribution in [0, 0.1) is 6.92 Å². The molecule has 1 aromatic carbocycles. The molecule has 0 unspecified atom stereocenters. The van der Waals surface area contributed by atoms with Crippen molar-refractivity contribution in [3.05, 3.63) is 53.6 Å². The summed E-state index contributed by atoms with van der Waals surface area (Å²) in [6.45, 7) is 10.5. The lowest BCUT2D eigenvalue weighted by Crippen LogP contribution is -2.52. The number of nitrogens with zero attached hydrogens (tertiary/aromatic N) is 6. The Kier molecular flexibility index (Phi) is 6.34. The van der Waals surface area contributed by atoms with E-state index in [0.29, 0.717) is 13.1 Å². The summed E-state index contributed by atoms with van der Waals surface area (Å²) in [4.78, 5) is 9.38. The average Bonchev–Trinajstić information content (AvgIpc) is 3.00. The fraction of sp³-hybridized carbons (Fsp3) is 0.421. The Labute approximate surface area is 165 Å². The first-order valence-corrected chi connectivity index (χ1v) is 9.46. The van der Waals surface area contributed by atoms with E-state index in [1.807, 2.05) is 42.8 Å². The van der Waals surface area contributed by atoms with Crippen LogP contribution in [0.15, 0.2) is 41.9 Å². The molecule has 0 bridgehead atoms. The van der Waals surface area contributed by atoms with Crippen LogP contribution in [-0.2, 0) is 13.6 Å². The topological polar surface area (TPSA) is 61.6 Å². The first-order valence-electron chi connectivity index (χ1n) is 9.08. The largest absolute Gasteiger partial charge is 0.368 e. The molecule has 0 aliphatic carbocycles. The number of aryl methyl sites for hydroxylation is 1. The summed E-state index contributed by atoms with van der Waals surface area (Å²) < 4.78 is 1.96. The van der Waals surface area contributed by atoms with Crippen LogP contribution in [0.2, 0.25) is 5.02 Å². The third-order valence-electron chi connectivity index (χ3n) is 4.71. The van der Waals surface area contributed by atoms with Gasteiger partial charge in [0, 0.05) is 50.5 Å². The molecule has 1 saturated heterocycles. The van der Waals surface area contributed by atoms with E-state index in [1.54, 1.807) is 0 Å².